The Morgan fingerprint density at radius 3 is 2.90 bits per heavy atom. The van der Waals surface area contributed by atoms with E-state index in [2.05, 4.69) is 21.1 Å². The van der Waals surface area contributed by atoms with Gasteiger partial charge in [-0.25, -0.2) is 4.79 Å². The Morgan fingerprint density at radius 1 is 1.35 bits per heavy atom. The summed E-state index contributed by atoms with van der Waals surface area (Å²) in [4.78, 5) is 26.1. The molecule has 1 atom stereocenters. The highest BCUT2D eigenvalue weighted by Gasteiger charge is 2.15. The number of amides is 1. The Kier molecular flexibility index (Phi) is 4.40. The maximum absolute atomic E-state index is 11.7. The average Bonchev–Trinajstić information content (AvgIpc) is 2.91. The first-order valence-electron chi connectivity index (χ1n) is 6.53. The molecular weight excluding hydrogens is 256 g/mol. The molecule has 0 saturated heterocycles. The number of benzene rings is 1. The molecule has 0 aliphatic heterocycles. The molecule has 1 aromatic carbocycles. The summed E-state index contributed by atoms with van der Waals surface area (Å²) in [6, 6.07) is 7.44. The molecule has 106 valence electrons. The molecule has 0 fully saturated rings. The summed E-state index contributed by atoms with van der Waals surface area (Å²) in [5, 5.41) is 3.74. The van der Waals surface area contributed by atoms with Crippen molar-refractivity contribution in [3.63, 3.8) is 0 Å². The molecular formula is C15H18N2O3. The number of hydrogen-bond donors (Lipinski definition) is 2. The summed E-state index contributed by atoms with van der Waals surface area (Å²) in [5.74, 6) is -0.593. The van der Waals surface area contributed by atoms with Gasteiger partial charge in [0, 0.05) is 18.1 Å². The van der Waals surface area contributed by atoms with Gasteiger partial charge in [0.15, 0.2) is 0 Å². The van der Waals surface area contributed by atoms with Crippen molar-refractivity contribution in [2.24, 2.45) is 0 Å². The van der Waals surface area contributed by atoms with Crippen LogP contribution in [0.3, 0.4) is 0 Å². The zero-order chi connectivity index (χ0) is 14.5. The molecule has 1 amide bonds. The van der Waals surface area contributed by atoms with E-state index in [0.29, 0.717) is 12.8 Å². The maximum atomic E-state index is 11.7. The van der Waals surface area contributed by atoms with E-state index < -0.39 is 12.0 Å². The third-order valence-corrected chi connectivity index (χ3v) is 3.19. The number of rotatable bonds is 5. The van der Waals surface area contributed by atoms with E-state index in [9.17, 15) is 9.59 Å². The van der Waals surface area contributed by atoms with Gasteiger partial charge in [-0.2, -0.15) is 0 Å². The SMILES string of the molecule is COC(=O)[C@H](C)NC(=O)CCc1ccc2[nH]ccc2c1. The van der Waals surface area contributed by atoms with Gasteiger partial charge < -0.3 is 15.0 Å². The minimum atomic E-state index is -0.611. The Labute approximate surface area is 117 Å². The molecule has 5 nitrogen and oxygen atoms in total. The van der Waals surface area contributed by atoms with Crippen molar-refractivity contribution < 1.29 is 14.3 Å². The van der Waals surface area contributed by atoms with E-state index in [-0.39, 0.29) is 5.91 Å². The predicted molar refractivity (Wildman–Crippen MR) is 76.2 cm³/mol. The lowest BCUT2D eigenvalue weighted by atomic mass is 10.1. The van der Waals surface area contributed by atoms with Gasteiger partial charge >= 0.3 is 5.97 Å². The molecule has 0 unspecified atom stereocenters. The van der Waals surface area contributed by atoms with E-state index >= 15 is 0 Å². The van der Waals surface area contributed by atoms with Gasteiger partial charge in [-0.1, -0.05) is 6.07 Å². The first-order chi connectivity index (χ1) is 9.60. The average molecular weight is 274 g/mol. The summed E-state index contributed by atoms with van der Waals surface area (Å²) in [7, 11) is 1.30. The van der Waals surface area contributed by atoms with Crippen LogP contribution in [0.4, 0.5) is 0 Å². The fraction of sp³-hybridized carbons (Fsp3) is 0.333. The van der Waals surface area contributed by atoms with E-state index in [1.54, 1.807) is 6.92 Å². The molecule has 20 heavy (non-hydrogen) atoms. The van der Waals surface area contributed by atoms with Crippen molar-refractivity contribution >= 4 is 22.8 Å². The van der Waals surface area contributed by atoms with Crippen molar-refractivity contribution in [1.82, 2.24) is 10.3 Å². The summed E-state index contributed by atoms with van der Waals surface area (Å²) < 4.78 is 4.56. The lowest BCUT2D eigenvalue weighted by molar-refractivity contribution is -0.144. The van der Waals surface area contributed by atoms with Gasteiger partial charge in [0.25, 0.3) is 0 Å². The molecule has 5 heteroatoms. The molecule has 0 radical (unpaired) electrons. The quantitative estimate of drug-likeness (QED) is 0.816. The molecule has 1 heterocycles. The highest BCUT2D eigenvalue weighted by Crippen LogP contribution is 2.15. The largest absolute Gasteiger partial charge is 0.467 e. The number of ether oxygens (including phenoxy) is 1. The van der Waals surface area contributed by atoms with E-state index in [4.69, 9.17) is 0 Å². The first-order valence-corrected chi connectivity index (χ1v) is 6.53. The fourth-order valence-electron chi connectivity index (χ4n) is 2.07. The smallest absolute Gasteiger partial charge is 0.328 e. The monoisotopic (exact) mass is 274 g/mol. The summed E-state index contributed by atoms with van der Waals surface area (Å²) >= 11 is 0. The molecule has 0 spiro atoms. The van der Waals surface area contributed by atoms with Crippen molar-refractivity contribution in [3.05, 3.63) is 36.0 Å². The molecule has 0 aliphatic carbocycles. The minimum Gasteiger partial charge on any atom is -0.467 e. The lowest BCUT2D eigenvalue weighted by Gasteiger charge is -2.11. The second kappa shape index (κ2) is 6.23. The maximum Gasteiger partial charge on any atom is 0.328 e. The topological polar surface area (TPSA) is 71.2 Å². The van der Waals surface area contributed by atoms with Gasteiger partial charge in [-0.15, -0.1) is 0 Å². The first kappa shape index (κ1) is 14.1. The number of carbonyl (C=O) groups excluding carboxylic acids is 2. The number of fused-ring (bicyclic) bond motifs is 1. The van der Waals surface area contributed by atoms with Crippen LogP contribution in [0, 0.1) is 0 Å². The van der Waals surface area contributed by atoms with E-state index in [1.165, 1.54) is 7.11 Å². The Balaban J connectivity index is 1.88. The Morgan fingerprint density at radius 2 is 2.15 bits per heavy atom. The Bertz CT molecular complexity index is 618. The number of methoxy groups -OCH3 is 1. The van der Waals surface area contributed by atoms with Gasteiger partial charge in [0.1, 0.15) is 6.04 Å². The van der Waals surface area contributed by atoms with E-state index in [0.717, 1.165) is 16.5 Å². The third-order valence-electron chi connectivity index (χ3n) is 3.19. The van der Waals surface area contributed by atoms with Crippen molar-refractivity contribution in [2.45, 2.75) is 25.8 Å². The van der Waals surface area contributed by atoms with Crippen LogP contribution in [0.2, 0.25) is 0 Å². The van der Waals surface area contributed by atoms with Crippen LogP contribution in [-0.2, 0) is 20.7 Å². The number of hydrogen-bond acceptors (Lipinski definition) is 3. The molecule has 1 aromatic heterocycles. The van der Waals surface area contributed by atoms with Gasteiger partial charge in [0.2, 0.25) is 5.91 Å². The van der Waals surface area contributed by atoms with Crippen molar-refractivity contribution in [2.75, 3.05) is 7.11 Å². The third kappa shape index (κ3) is 3.38. The molecule has 2 rings (SSSR count). The number of aromatic amines is 1. The Hall–Kier alpha value is -2.30. The number of carbonyl (C=O) groups is 2. The number of nitrogens with one attached hydrogen (secondary N) is 2. The zero-order valence-electron chi connectivity index (χ0n) is 11.6. The molecule has 2 N–H and O–H groups in total. The lowest BCUT2D eigenvalue weighted by Crippen LogP contribution is -2.39. The van der Waals surface area contributed by atoms with Crippen LogP contribution in [0.15, 0.2) is 30.5 Å². The van der Waals surface area contributed by atoms with Crippen LogP contribution in [0.25, 0.3) is 10.9 Å². The summed E-state index contributed by atoms with van der Waals surface area (Å²) in [5.41, 5.74) is 2.18. The number of aryl methyl sites for hydroxylation is 1. The molecule has 2 aromatic rings. The van der Waals surface area contributed by atoms with Crippen LogP contribution >= 0.6 is 0 Å². The highest BCUT2D eigenvalue weighted by atomic mass is 16.5. The van der Waals surface area contributed by atoms with Gasteiger partial charge in [0.05, 0.1) is 7.11 Å². The second-order valence-corrected chi connectivity index (χ2v) is 4.71. The standard InChI is InChI=1S/C15H18N2O3/c1-10(15(19)20-2)17-14(18)6-4-11-3-5-13-12(9-11)7-8-16-13/h3,5,7-10,16H,4,6H2,1-2H3,(H,17,18)/t10-/m0/s1. The predicted octanol–water partition coefficient (Wildman–Crippen LogP) is 1.78. The number of H-pyrrole nitrogens is 1. The number of aromatic nitrogens is 1. The normalized spacial score (nSPS) is 12.1. The van der Waals surface area contributed by atoms with E-state index in [1.807, 2.05) is 24.4 Å². The molecule has 0 aliphatic rings. The molecule has 0 bridgehead atoms. The van der Waals surface area contributed by atoms with Crippen LogP contribution in [0.5, 0.6) is 0 Å². The molecule has 0 saturated carbocycles. The van der Waals surface area contributed by atoms with Gasteiger partial charge in [-0.05, 0) is 42.5 Å². The van der Waals surface area contributed by atoms with Crippen molar-refractivity contribution in [1.29, 1.82) is 0 Å². The number of esters is 1. The summed E-state index contributed by atoms with van der Waals surface area (Å²) in [6.07, 6.45) is 2.87. The minimum absolute atomic E-state index is 0.155. The van der Waals surface area contributed by atoms with Gasteiger partial charge in [-0.3, -0.25) is 4.79 Å². The van der Waals surface area contributed by atoms with Crippen molar-refractivity contribution in [3.8, 4) is 0 Å². The van der Waals surface area contributed by atoms with Crippen LogP contribution in [0.1, 0.15) is 18.9 Å². The zero-order valence-corrected chi connectivity index (χ0v) is 11.6. The summed E-state index contributed by atoms with van der Waals surface area (Å²) in [6.45, 7) is 1.61. The van der Waals surface area contributed by atoms with Crippen LogP contribution < -0.4 is 5.32 Å². The fourth-order valence-corrected chi connectivity index (χ4v) is 2.07. The highest BCUT2D eigenvalue weighted by molar-refractivity contribution is 5.84. The second-order valence-electron chi connectivity index (χ2n) is 4.71. The van der Waals surface area contributed by atoms with Crippen LogP contribution in [-0.4, -0.2) is 30.0 Å².